The lowest BCUT2D eigenvalue weighted by Crippen LogP contribution is -2.17. The molecule has 0 aliphatic carbocycles. The molecular formula is C22H20N2O3. The molecule has 0 radical (unpaired) electrons. The fourth-order valence-corrected chi connectivity index (χ4v) is 2.56. The number of amides is 1. The second-order valence-corrected chi connectivity index (χ2v) is 5.80. The zero-order valence-electron chi connectivity index (χ0n) is 14.9. The molecule has 3 rings (SSSR count). The van der Waals surface area contributed by atoms with Gasteiger partial charge in [0.2, 0.25) is 0 Å². The number of rotatable bonds is 6. The van der Waals surface area contributed by atoms with Crippen LogP contribution in [0.4, 0.5) is 0 Å². The van der Waals surface area contributed by atoms with E-state index in [0.717, 1.165) is 11.1 Å². The predicted molar refractivity (Wildman–Crippen MR) is 106 cm³/mol. The zero-order chi connectivity index (χ0) is 19.1. The second-order valence-electron chi connectivity index (χ2n) is 5.80. The molecular weight excluding hydrogens is 340 g/mol. The van der Waals surface area contributed by atoms with E-state index < -0.39 is 0 Å². The van der Waals surface area contributed by atoms with Gasteiger partial charge >= 0.3 is 0 Å². The van der Waals surface area contributed by atoms with Crippen molar-refractivity contribution in [1.29, 1.82) is 0 Å². The van der Waals surface area contributed by atoms with E-state index in [-0.39, 0.29) is 11.7 Å². The highest BCUT2D eigenvalue weighted by atomic mass is 16.5. The summed E-state index contributed by atoms with van der Waals surface area (Å²) in [5, 5.41) is 13.7. The molecule has 0 unspecified atom stereocenters. The molecule has 3 aromatic carbocycles. The number of nitrogens with one attached hydrogen (secondary N) is 1. The van der Waals surface area contributed by atoms with Crippen LogP contribution in [-0.4, -0.2) is 23.8 Å². The van der Waals surface area contributed by atoms with Crippen LogP contribution in [0.3, 0.4) is 0 Å². The summed E-state index contributed by atoms with van der Waals surface area (Å²) >= 11 is 0. The Hall–Kier alpha value is -3.60. The van der Waals surface area contributed by atoms with E-state index in [4.69, 9.17) is 4.74 Å². The van der Waals surface area contributed by atoms with Crippen LogP contribution in [0.2, 0.25) is 0 Å². The van der Waals surface area contributed by atoms with Gasteiger partial charge in [-0.05, 0) is 53.9 Å². The third-order valence-corrected chi connectivity index (χ3v) is 3.92. The average molecular weight is 360 g/mol. The maximum absolute atomic E-state index is 12.2. The third kappa shape index (κ3) is 4.73. The molecule has 0 saturated carbocycles. The van der Waals surface area contributed by atoms with Crippen LogP contribution < -0.4 is 10.2 Å². The van der Waals surface area contributed by atoms with Crippen LogP contribution in [0.15, 0.2) is 77.9 Å². The fourth-order valence-electron chi connectivity index (χ4n) is 2.56. The number of hydrogen-bond donors (Lipinski definition) is 2. The smallest absolute Gasteiger partial charge is 0.271 e. The molecule has 136 valence electrons. The first-order valence-electron chi connectivity index (χ1n) is 8.62. The van der Waals surface area contributed by atoms with Gasteiger partial charge in [0.1, 0.15) is 0 Å². The van der Waals surface area contributed by atoms with Gasteiger partial charge in [0.15, 0.2) is 11.5 Å². The number of carbonyl (C=O) groups excluding carboxylic acids is 1. The number of aromatic hydroxyl groups is 1. The van der Waals surface area contributed by atoms with Gasteiger partial charge in [-0.3, -0.25) is 4.79 Å². The van der Waals surface area contributed by atoms with Crippen molar-refractivity contribution in [2.24, 2.45) is 5.10 Å². The molecule has 0 spiro atoms. The van der Waals surface area contributed by atoms with Crippen molar-refractivity contribution in [2.45, 2.75) is 6.92 Å². The summed E-state index contributed by atoms with van der Waals surface area (Å²) in [6.07, 6.45) is 1.50. The van der Waals surface area contributed by atoms with Crippen molar-refractivity contribution in [1.82, 2.24) is 5.43 Å². The Kier molecular flexibility index (Phi) is 5.84. The molecule has 5 nitrogen and oxygen atoms in total. The van der Waals surface area contributed by atoms with E-state index in [1.165, 1.54) is 12.3 Å². The Bertz CT molecular complexity index is 936. The van der Waals surface area contributed by atoms with E-state index in [1.54, 1.807) is 24.3 Å². The maximum atomic E-state index is 12.2. The number of hydrogen-bond acceptors (Lipinski definition) is 4. The molecule has 5 heteroatoms. The third-order valence-electron chi connectivity index (χ3n) is 3.92. The summed E-state index contributed by atoms with van der Waals surface area (Å²) in [4.78, 5) is 12.2. The number of ether oxygens (including phenoxy) is 1. The van der Waals surface area contributed by atoms with Gasteiger partial charge in [-0.25, -0.2) is 5.43 Å². The van der Waals surface area contributed by atoms with Crippen molar-refractivity contribution < 1.29 is 14.6 Å². The summed E-state index contributed by atoms with van der Waals surface area (Å²) in [5.41, 5.74) is 5.87. The van der Waals surface area contributed by atoms with Gasteiger partial charge in [0.25, 0.3) is 5.91 Å². The number of hydrazone groups is 1. The molecule has 0 aromatic heterocycles. The molecule has 1 amide bonds. The normalized spacial score (nSPS) is 10.7. The van der Waals surface area contributed by atoms with Gasteiger partial charge in [0.05, 0.1) is 12.8 Å². The minimum Gasteiger partial charge on any atom is -0.504 e. The summed E-state index contributed by atoms with van der Waals surface area (Å²) in [7, 11) is 0. The van der Waals surface area contributed by atoms with Gasteiger partial charge < -0.3 is 9.84 Å². The topological polar surface area (TPSA) is 70.9 Å². The van der Waals surface area contributed by atoms with Crippen LogP contribution in [-0.2, 0) is 0 Å². The molecule has 2 N–H and O–H groups in total. The average Bonchev–Trinajstić information content (AvgIpc) is 2.71. The summed E-state index contributed by atoms with van der Waals surface area (Å²) < 4.78 is 5.32. The minimum absolute atomic E-state index is 0.0662. The lowest BCUT2D eigenvalue weighted by atomic mass is 10.0. The van der Waals surface area contributed by atoms with E-state index in [1.807, 2.05) is 49.4 Å². The van der Waals surface area contributed by atoms with Gasteiger partial charge in [-0.15, -0.1) is 0 Å². The Labute approximate surface area is 157 Å². The number of phenolic OH excluding ortho intramolecular Hbond substituents is 1. The van der Waals surface area contributed by atoms with Crippen molar-refractivity contribution in [3.63, 3.8) is 0 Å². The number of phenols is 1. The van der Waals surface area contributed by atoms with Gasteiger partial charge in [0, 0.05) is 5.56 Å². The van der Waals surface area contributed by atoms with Crippen LogP contribution in [0.1, 0.15) is 22.8 Å². The van der Waals surface area contributed by atoms with Crippen molar-refractivity contribution in [3.05, 3.63) is 83.9 Å². The first kappa shape index (κ1) is 18.2. The van der Waals surface area contributed by atoms with Crippen molar-refractivity contribution in [3.8, 4) is 22.6 Å². The molecule has 0 saturated heterocycles. The molecule has 0 atom stereocenters. The van der Waals surface area contributed by atoms with E-state index >= 15 is 0 Å². The van der Waals surface area contributed by atoms with E-state index in [9.17, 15) is 9.90 Å². The SMILES string of the molecule is CCOc1cc(C=NNC(=O)c2ccc(-c3ccccc3)cc2)ccc1O. The second kappa shape index (κ2) is 8.67. The fraction of sp³-hybridized carbons (Fsp3) is 0.0909. The molecule has 0 bridgehead atoms. The van der Waals surface area contributed by atoms with Crippen molar-refractivity contribution in [2.75, 3.05) is 6.61 Å². The summed E-state index contributed by atoms with van der Waals surface area (Å²) in [6.45, 7) is 2.29. The monoisotopic (exact) mass is 360 g/mol. The number of carbonyl (C=O) groups is 1. The predicted octanol–water partition coefficient (Wildman–Crippen LogP) is 4.22. The molecule has 27 heavy (non-hydrogen) atoms. The Balaban J connectivity index is 1.64. The lowest BCUT2D eigenvalue weighted by Gasteiger charge is -2.06. The Morgan fingerprint density at radius 1 is 1.04 bits per heavy atom. The lowest BCUT2D eigenvalue weighted by molar-refractivity contribution is 0.0955. The van der Waals surface area contributed by atoms with E-state index in [0.29, 0.717) is 23.5 Å². The van der Waals surface area contributed by atoms with Crippen molar-refractivity contribution >= 4 is 12.1 Å². The van der Waals surface area contributed by atoms with Crippen LogP contribution in [0, 0.1) is 0 Å². The molecule has 0 fully saturated rings. The zero-order valence-corrected chi connectivity index (χ0v) is 14.9. The summed E-state index contributed by atoms with van der Waals surface area (Å²) in [6, 6.07) is 22.2. The van der Waals surface area contributed by atoms with Gasteiger partial charge in [-0.2, -0.15) is 5.10 Å². The number of nitrogens with zero attached hydrogens (tertiary/aromatic N) is 1. The highest BCUT2D eigenvalue weighted by Crippen LogP contribution is 2.26. The standard InChI is InChI=1S/C22H20N2O3/c1-2-27-21-14-16(8-13-20(21)25)15-23-24-22(26)19-11-9-18(10-12-19)17-6-4-3-5-7-17/h3-15,25H,2H2,1H3,(H,24,26). The minimum atomic E-state index is -0.297. The molecule has 0 aliphatic heterocycles. The van der Waals surface area contributed by atoms with Crippen LogP contribution >= 0.6 is 0 Å². The van der Waals surface area contributed by atoms with Crippen LogP contribution in [0.25, 0.3) is 11.1 Å². The first-order valence-corrected chi connectivity index (χ1v) is 8.62. The molecule has 0 heterocycles. The molecule has 0 aliphatic rings. The maximum Gasteiger partial charge on any atom is 0.271 e. The Morgan fingerprint density at radius 3 is 2.44 bits per heavy atom. The number of benzene rings is 3. The first-order chi connectivity index (χ1) is 13.2. The van der Waals surface area contributed by atoms with Gasteiger partial charge in [-0.1, -0.05) is 42.5 Å². The molecule has 3 aromatic rings. The Morgan fingerprint density at radius 2 is 1.74 bits per heavy atom. The quantitative estimate of drug-likeness (QED) is 0.511. The highest BCUT2D eigenvalue weighted by Gasteiger charge is 2.05. The van der Waals surface area contributed by atoms with E-state index in [2.05, 4.69) is 10.5 Å². The summed E-state index contributed by atoms with van der Waals surface area (Å²) in [5.74, 6) is 0.149. The largest absolute Gasteiger partial charge is 0.504 e. The van der Waals surface area contributed by atoms with Crippen LogP contribution in [0.5, 0.6) is 11.5 Å². The highest BCUT2D eigenvalue weighted by molar-refractivity contribution is 5.95.